The van der Waals surface area contributed by atoms with Gasteiger partial charge in [0.15, 0.2) is 0 Å². The molecule has 1 atom stereocenters. The molecule has 2 rings (SSSR count). The lowest BCUT2D eigenvalue weighted by Crippen LogP contribution is -2.42. The maximum atomic E-state index is 12.5. The molecule has 0 aliphatic rings. The molecule has 0 saturated heterocycles. The molecule has 112 valence electrons. The van der Waals surface area contributed by atoms with E-state index in [0.717, 1.165) is 12.2 Å². The normalized spacial score (nSPS) is 11.3. The first-order chi connectivity index (χ1) is 10.7. The van der Waals surface area contributed by atoms with Gasteiger partial charge < -0.3 is 10.2 Å². The third-order valence-corrected chi connectivity index (χ3v) is 3.58. The van der Waals surface area contributed by atoms with E-state index < -0.39 is 0 Å². The minimum atomic E-state index is -0.334. The molecule has 1 amide bonds. The van der Waals surface area contributed by atoms with E-state index in [1.165, 1.54) is 0 Å². The Balaban J connectivity index is 2.16. The fourth-order valence-corrected chi connectivity index (χ4v) is 2.37. The van der Waals surface area contributed by atoms with E-state index in [0.29, 0.717) is 11.3 Å². The number of carbonyl (C=O) groups excluding carboxylic acids is 1. The molecule has 2 aromatic rings. The van der Waals surface area contributed by atoms with Crippen LogP contribution in [0.1, 0.15) is 19.4 Å². The Hall–Kier alpha value is -2.80. The van der Waals surface area contributed by atoms with E-state index in [2.05, 4.69) is 11.4 Å². The molecule has 0 radical (unpaired) electrons. The highest BCUT2D eigenvalue weighted by molar-refractivity contribution is 5.97. The van der Waals surface area contributed by atoms with Gasteiger partial charge in [0.2, 0.25) is 5.91 Å². The molecule has 4 heteroatoms. The molecular formula is C18H19N3O. The van der Waals surface area contributed by atoms with E-state index in [1.54, 1.807) is 24.3 Å². The van der Waals surface area contributed by atoms with Crippen molar-refractivity contribution in [3.8, 4) is 6.07 Å². The minimum absolute atomic E-state index is 0.131. The summed E-state index contributed by atoms with van der Waals surface area (Å²) in [6.45, 7) is 4.60. The fraction of sp³-hybridized carbons (Fsp3) is 0.222. The van der Waals surface area contributed by atoms with Crippen molar-refractivity contribution in [1.29, 1.82) is 5.26 Å². The van der Waals surface area contributed by atoms with Gasteiger partial charge >= 0.3 is 0 Å². The third-order valence-electron chi connectivity index (χ3n) is 3.58. The number of benzene rings is 2. The lowest BCUT2D eigenvalue weighted by atomic mass is 10.1. The quantitative estimate of drug-likeness (QED) is 0.919. The molecule has 4 nitrogen and oxygen atoms in total. The summed E-state index contributed by atoms with van der Waals surface area (Å²) in [6, 6.07) is 18.6. The maximum absolute atomic E-state index is 12.5. The zero-order valence-corrected chi connectivity index (χ0v) is 12.8. The summed E-state index contributed by atoms with van der Waals surface area (Å²) >= 11 is 0. The summed E-state index contributed by atoms with van der Waals surface area (Å²) in [6.07, 6.45) is 0. The lowest BCUT2D eigenvalue weighted by molar-refractivity contribution is -0.117. The average molecular weight is 293 g/mol. The van der Waals surface area contributed by atoms with Crippen LogP contribution in [0.3, 0.4) is 0 Å². The van der Waals surface area contributed by atoms with E-state index in [-0.39, 0.29) is 11.9 Å². The maximum Gasteiger partial charge on any atom is 0.246 e. The van der Waals surface area contributed by atoms with Crippen LogP contribution in [0.4, 0.5) is 11.4 Å². The molecule has 1 unspecified atom stereocenters. The Morgan fingerprint density at radius 1 is 1.18 bits per heavy atom. The zero-order valence-electron chi connectivity index (χ0n) is 12.8. The largest absolute Gasteiger partial charge is 0.360 e. The van der Waals surface area contributed by atoms with Gasteiger partial charge in [0.25, 0.3) is 0 Å². The van der Waals surface area contributed by atoms with Crippen LogP contribution in [0.15, 0.2) is 54.6 Å². The molecule has 0 heterocycles. The Kier molecular flexibility index (Phi) is 5.16. The smallest absolute Gasteiger partial charge is 0.246 e. The topological polar surface area (TPSA) is 56.1 Å². The number of carbonyl (C=O) groups is 1. The van der Waals surface area contributed by atoms with Crippen LogP contribution in [0.5, 0.6) is 0 Å². The molecule has 22 heavy (non-hydrogen) atoms. The molecule has 0 bridgehead atoms. The van der Waals surface area contributed by atoms with Gasteiger partial charge in [-0.15, -0.1) is 0 Å². The van der Waals surface area contributed by atoms with E-state index >= 15 is 0 Å². The van der Waals surface area contributed by atoms with Crippen LogP contribution in [0.25, 0.3) is 0 Å². The van der Waals surface area contributed by atoms with Crippen molar-refractivity contribution in [2.75, 3.05) is 16.8 Å². The zero-order chi connectivity index (χ0) is 15.9. The van der Waals surface area contributed by atoms with Crippen molar-refractivity contribution in [3.63, 3.8) is 0 Å². The van der Waals surface area contributed by atoms with Crippen LogP contribution < -0.4 is 10.2 Å². The summed E-state index contributed by atoms with van der Waals surface area (Å²) in [5.74, 6) is -0.131. The summed E-state index contributed by atoms with van der Waals surface area (Å²) < 4.78 is 0. The second kappa shape index (κ2) is 7.28. The second-order valence-corrected chi connectivity index (χ2v) is 4.94. The van der Waals surface area contributed by atoms with Gasteiger partial charge in [0.05, 0.1) is 11.3 Å². The van der Waals surface area contributed by atoms with Crippen molar-refractivity contribution < 1.29 is 4.79 Å². The van der Waals surface area contributed by atoms with Gasteiger partial charge in [-0.25, -0.2) is 0 Å². The van der Waals surface area contributed by atoms with Gasteiger partial charge in [-0.3, -0.25) is 4.79 Å². The van der Waals surface area contributed by atoms with E-state index in [4.69, 9.17) is 5.26 Å². The third kappa shape index (κ3) is 3.44. The van der Waals surface area contributed by atoms with Crippen LogP contribution in [0.2, 0.25) is 0 Å². The van der Waals surface area contributed by atoms with Crippen molar-refractivity contribution in [1.82, 2.24) is 0 Å². The first kappa shape index (κ1) is 15.6. The number of rotatable bonds is 5. The number of anilines is 2. The van der Waals surface area contributed by atoms with Crippen LogP contribution in [0, 0.1) is 11.3 Å². The first-order valence-electron chi connectivity index (χ1n) is 7.29. The van der Waals surface area contributed by atoms with Gasteiger partial charge in [-0.05, 0) is 38.1 Å². The monoisotopic (exact) mass is 293 g/mol. The number of nitrogens with one attached hydrogen (secondary N) is 1. The SMILES string of the molecule is CCN(c1ccccc1)C(C)C(=O)Nc1ccccc1C#N. The summed E-state index contributed by atoms with van der Waals surface area (Å²) in [5.41, 5.74) is 2.01. The fourth-order valence-electron chi connectivity index (χ4n) is 2.37. The molecule has 1 N–H and O–H groups in total. The Labute approximate surface area is 131 Å². The number of amides is 1. The van der Waals surface area contributed by atoms with Crippen molar-refractivity contribution in [3.05, 3.63) is 60.2 Å². The molecule has 0 aliphatic carbocycles. The summed E-state index contributed by atoms with van der Waals surface area (Å²) in [5, 5.41) is 11.9. The number of hydrogen-bond acceptors (Lipinski definition) is 3. The molecular weight excluding hydrogens is 274 g/mol. The van der Waals surface area contributed by atoms with Crippen molar-refractivity contribution >= 4 is 17.3 Å². The Morgan fingerprint density at radius 3 is 2.45 bits per heavy atom. The van der Waals surface area contributed by atoms with Crippen LogP contribution in [-0.2, 0) is 4.79 Å². The molecule has 0 aromatic heterocycles. The molecule has 0 aliphatic heterocycles. The first-order valence-corrected chi connectivity index (χ1v) is 7.29. The minimum Gasteiger partial charge on any atom is -0.360 e. The van der Waals surface area contributed by atoms with Crippen LogP contribution in [-0.4, -0.2) is 18.5 Å². The number of nitriles is 1. The predicted molar refractivity (Wildman–Crippen MR) is 88.7 cm³/mol. The molecule has 0 saturated carbocycles. The predicted octanol–water partition coefficient (Wildman–Crippen LogP) is 3.41. The lowest BCUT2D eigenvalue weighted by Gasteiger charge is -2.29. The number of nitrogens with zero attached hydrogens (tertiary/aromatic N) is 2. The Morgan fingerprint density at radius 2 is 1.82 bits per heavy atom. The summed E-state index contributed by atoms with van der Waals surface area (Å²) in [4.78, 5) is 14.5. The standard InChI is InChI=1S/C18H19N3O/c1-3-21(16-10-5-4-6-11-16)14(2)18(22)20-17-12-8-7-9-15(17)13-19/h4-12,14H,3H2,1-2H3,(H,20,22). The van der Waals surface area contributed by atoms with Gasteiger partial charge in [-0.1, -0.05) is 30.3 Å². The molecule has 2 aromatic carbocycles. The van der Waals surface area contributed by atoms with Gasteiger partial charge in [0.1, 0.15) is 12.1 Å². The highest BCUT2D eigenvalue weighted by Gasteiger charge is 2.21. The summed E-state index contributed by atoms with van der Waals surface area (Å²) in [7, 11) is 0. The Bertz CT molecular complexity index is 676. The second-order valence-electron chi connectivity index (χ2n) is 4.94. The molecule has 0 fully saturated rings. The van der Waals surface area contributed by atoms with E-state index in [9.17, 15) is 4.79 Å². The van der Waals surface area contributed by atoms with E-state index in [1.807, 2.05) is 49.1 Å². The number of likely N-dealkylation sites (N-methyl/N-ethyl adjacent to an activating group) is 1. The molecule has 0 spiro atoms. The van der Waals surface area contributed by atoms with Gasteiger partial charge in [-0.2, -0.15) is 5.26 Å². The van der Waals surface area contributed by atoms with Crippen LogP contribution >= 0.6 is 0 Å². The number of para-hydroxylation sites is 2. The highest BCUT2D eigenvalue weighted by atomic mass is 16.2. The number of hydrogen-bond donors (Lipinski definition) is 1. The van der Waals surface area contributed by atoms with Crippen molar-refractivity contribution in [2.45, 2.75) is 19.9 Å². The average Bonchev–Trinajstić information content (AvgIpc) is 2.57. The van der Waals surface area contributed by atoms with Crippen molar-refractivity contribution in [2.24, 2.45) is 0 Å². The van der Waals surface area contributed by atoms with Gasteiger partial charge in [0, 0.05) is 12.2 Å². The highest BCUT2D eigenvalue weighted by Crippen LogP contribution is 2.18.